The third-order valence-electron chi connectivity index (χ3n) is 4.59. The Hall–Kier alpha value is -3.29. The van der Waals surface area contributed by atoms with Gasteiger partial charge in [-0.3, -0.25) is 4.98 Å². The predicted octanol–water partition coefficient (Wildman–Crippen LogP) is 2.97. The van der Waals surface area contributed by atoms with Crippen LogP contribution < -0.4 is 9.88 Å². The maximum atomic E-state index is 12.1. The number of benzene rings is 2. The summed E-state index contributed by atoms with van der Waals surface area (Å²) in [5, 5.41) is 5.19. The van der Waals surface area contributed by atoms with E-state index in [2.05, 4.69) is 4.98 Å². The van der Waals surface area contributed by atoms with Crippen molar-refractivity contribution in [2.24, 2.45) is 5.14 Å². The number of fused-ring (bicyclic) bond motifs is 1. The molecule has 28 heavy (non-hydrogen) atoms. The van der Waals surface area contributed by atoms with Crippen LogP contribution in [0.25, 0.3) is 11.3 Å². The molecule has 0 radical (unpaired) electrons. The first-order valence-corrected chi connectivity index (χ1v) is 10.0. The van der Waals surface area contributed by atoms with Crippen molar-refractivity contribution in [1.82, 2.24) is 4.98 Å². The summed E-state index contributed by atoms with van der Waals surface area (Å²) in [5.74, 6) is 0.547. The Morgan fingerprint density at radius 1 is 0.929 bits per heavy atom. The monoisotopic (exact) mass is 392 g/mol. The summed E-state index contributed by atoms with van der Waals surface area (Å²) >= 11 is 0. The molecule has 0 amide bonds. The van der Waals surface area contributed by atoms with E-state index in [1.54, 1.807) is 30.6 Å². The second kappa shape index (κ2) is 7.03. The zero-order valence-electron chi connectivity index (χ0n) is 14.6. The lowest BCUT2D eigenvalue weighted by atomic mass is 9.83. The largest absolute Gasteiger partial charge is 0.456 e. The molecule has 1 aromatic heterocycles. The van der Waals surface area contributed by atoms with E-state index in [1.807, 2.05) is 30.3 Å². The van der Waals surface area contributed by atoms with E-state index >= 15 is 0 Å². The Morgan fingerprint density at radius 3 is 2.25 bits per heavy atom. The number of carbonyl (C=O) groups is 1. The first-order valence-electron chi connectivity index (χ1n) is 8.49. The molecule has 0 bridgehead atoms. The second-order valence-electron chi connectivity index (χ2n) is 6.30. The van der Waals surface area contributed by atoms with Crippen LogP contribution in [-0.2, 0) is 14.8 Å². The first-order chi connectivity index (χ1) is 13.5. The number of nitrogens with zero attached hydrogens (tertiary/aromatic N) is 1. The van der Waals surface area contributed by atoms with E-state index < -0.39 is 15.9 Å². The van der Waals surface area contributed by atoms with Crippen molar-refractivity contribution in [3.8, 4) is 5.75 Å². The van der Waals surface area contributed by atoms with Crippen LogP contribution in [0.3, 0.4) is 0 Å². The molecule has 6 nitrogen and oxygen atoms in total. The van der Waals surface area contributed by atoms with Gasteiger partial charge in [0.05, 0.1) is 10.8 Å². The minimum absolute atomic E-state index is 0.00505. The molecule has 140 valence electrons. The number of primary sulfonamides is 1. The van der Waals surface area contributed by atoms with Gasteiger partial charge in [-0.05, 0) is 48.0 Å². The molecule has 0 fully saturated rings. The highest BCUT2D eigenvalue weighted by Gasteiger charge is 2.31. The Kier molecular flexibility index (Phi) is 4.54. The summed E-state index contributed by atoms with van der Waals surface area (Å²) in [6.45, 7) is 0. The number of pyridine rings is 1. The average Bonchev–Trinajstić information content (AvgIpc) is 2.72. The van der Waals surface area contributed by atoms with Crippen molar-refractivity contribution in [1.29, 1.82) is 0 Å². The summed E-state index contributed by atoms with van der Waals surface area (Å²) in [7, 11) is -3.80. The summed E-state index contributed by atoms with van der Waals surface area (Å²) in [5.41, 5.74) is 2.90. The number of aromatic nitrogens is 1. The van der Waals surface area contributed by atoms with Crippen LogP contribution in [0.1, 0.15) is 22.6 Å². The highest BCUT2D eigenvalue weighted by molar-refractivity contribution is 7.89. The summed E-state index contributed by atoms with van der Waals surface area (Å²) < 4.78 is 29.3. The van der Waals surface area contributed by atoms with Crippen molar-refractivity contribution >= 4 is 27.6 Å². The molecule has 1 aliphatic heterocycles. The molecule has 2 N–H and O–H groups in total. The topological polar surface area (TPSA) is 99.4 Å². The molecule has 4 rings (SSSR count). The fourth-order valence-electron chi connectivity index (χ4n) is 3.29. The number of nitrogens with two attached hydrogens (primary N) is 1. The van der Waals surface area contributed by atoms with E-state index in [9.17, 15) is 13.2 Å². The number of para-hydroxylation sites is 1. The minimum atomic E-state index is -3.80. The van der Waals surface area contributed by atoms with Gasteiger partial charge in [-0.2, -0.15) is 0 Å². The van der Waals surface area contributed by atoms with Gasteiger partial charge < -0.3 is 9.53 Å². The number of sulfonamides is 1. The van der Waals surface area contributed by atoms with Gasteiger partial charge >= 0.3 is 0 Å². The number of hydrogen-bond donors (Lipinski definition) is 1. The van der Waals surface area contributed by atoms with E-state index in [-0.39, 0.29) is 4.90 Å². The van der Waals surface area contributed by atoms with Gasteiger partial charge in [0.15, 0.2) is 0 Å². The van der Waals surface area contributed by atoms with E-state index in [0.717, 1.165) is 17.4 Å². The smallest absolute Gasteiger partial charge is 0.238 e. The minimum Gasteiger partial charge on any atom is -0.456 e. The van der Waals surface area contributed by atoms with Crippen LogP contribution in [0.4, 0.5) is 0 Å². The molecule has 0 saturated carbocycles. The van der Waals surface area contributed by atoms with Crippen molar-refractivity contribution in [3.05, 3.63) is 89.7 Å². The molecule has 1 unspecified atom stereocenters. The average molecular weight is 392 g/mol. The first kappa shape index (κ1) is 18.1. The molecule has 1 aliphatic rings. The number of aldehydes is 1. The molecular weight excluding hydrogens is 376 g/mol. The molecule has 2 aromatic carbocycles. The van der Waals surface area contributed by atoms with E-state index in [1.165, 1.54) is 12.1 Å². The standard InChI is InChI=1S/C21H16N2O4S/c22-28(25,26)16-7-5-15(6-8-16)21-20(14-9-11-23-12-10-14)18(13-24)17-3-1-2-4-19(17)27-21/h1-13,18H,(H2,22,25,26). The van der Waals surface area contributed by atoms with Crippen molar-refractivity contribution in [2.75, 3.05) is 0 Å². The molecule has 3 aromatic rings. The number of ether oxygens (including phenoxy) is 1. The maximum Gasteiger partial charge on any atom is 0.238 e. The quantitative estimate of drug-likeness (QED) is 0.688. The maximum absolute atomic E-state index is 12.1. The van der Waals surface area contributed by atoms with Gasteiger partial charge in [0.2, 0.25) is 10.0 Å². The molecule has 7 heteroatoms. The highest BCUT2D eigenvalue weighted by atomic mass is 32.2. The van der Waals surface area contributed by atoms with Gasteiger partial charge in [0.25, 0.3) is 0 Å². The summed E-state index contributed by atoms with van der Waals surface area (Å²) in [4.78, 5) is 16.1. The second-order valence-corrected chi connectivity index (χ2v) is 7.86. The van der Waals surface area contributed by atoms with Crippen molar-refractivity contribution < 1.29 is 17.9 Å². The zero-order valence-corrected chi connectivity index (χ0v) is 15.5. The van der Waals surface area contributed by atoms with Gasteiger partial charge in [0.1, 0.15) is 17.8 Å². The van der Waals surface area contributed by atoms with Crippen LogP contribution >= 0.6 is 0 Å². The van der Waals surface area contributed by atoms with Crippen LogP contribution in [0.2, 0.25) is 0 Å². The summed E-state index contributed by atoms with van der Waals surface area (Å²) in [6.07, 6.45) is 4.18. The highest BCUT2D eigenvalue weighted by Crippen LogP contribution is 2.45. The SMILES string of the molecule is NS(=O)(=O)c1ccc(C2=C(c3ccncc3)C(C=O)c3ccccc3O2)cc1. The Labute approximate surface area is 162 Å². The van der Waals surface area contributed by atoms with Crippen molar-refractivity contribution in [3.63, 3.8) is 0 Å². The third-order valence-corrected chi connectivity index (χ3v) is 5.52. The van der Waals surface area contributed by atoms with Gasteiger partial charge in [-0.1, -0.05) is 18.2 Å². The van der Waals surface area contributed by atoms with Crippen LogP contribution in [0.5, 0.6) is 5.75 Å². The number of carbonyl (C=O) groups excluding carboxylic acids is 1. The summed E-state index contributed by atoms with van der Waals surface area (Å²) in [6, 6.07) is 17.0. The van der Waals surface area contributed by atoms with E-state index in [0.29, 0.717) is 22.6 Å². The molecular formula is C21H16N2O4S. The molecule has 0 saturated heterocycles. The normalized spacial score (nSPS) is 16.2. The lowest BCUT2D eigenvalue weighted by molar-refractivity contribution is -0.108. The fraction of sp³-hybridized carbons (Fsp3) is 0.0476. The number of allylic oxidation sites excluding steroid dienone is 1. The number of hydrogen-bond acceptors (Lipinski definition) is 5. The van der Waals surface area contributed by atoms with Crippen LogP contribution in [0, 0.1) is 0 Å². The third kappa shape index (κ3) is 3.21. The Balaban J connectivity index is 1.94. The zero-order chi connectivity index (χ0) is 19.7. The van der Waals surface area contributed by atoms with Gasteiger partial charge in [0, 0.05) is 29.1 Å². The van der Waals surface area contributed by atoms with Crippen molar-refractivity contribution in [2.45, 2.75) is 10.8 Å². The Morgan fingerprint density at radius 2 is 1.61 bits per heavy atom. The Bertz CT molecular complexity index is 1170. The molecule has 2 heterocycles. The van der Waals surface area contributed by atoms with Crippen LogP contribution in [-0.4, -0.2) is 19.7 Å². The molecule has 0 aliphatic carbocycles. The predicted molar refractivity (Wildman–Crippen MR) is 105 cm³/mol. The lowest BCUT2D eigenvalue weighted by Crippen LogP contribution is -2.16. The fourth-order valence-corrected chi connectivity index (χ4v) is 3.80. The van der Waals surface area contributed by atoms with Gasteiger partial charge in [-0.25, -0.2) is 13.6 Å². The molecule has 1 atom stereocenters. The van der Waals surface area contributed by atoms with E-state index in [4.69, 9.17) is 9.88 Å². The number of rotatable bonds is 4. The van der Waals surface area contributed by atoms with Crippen LogP contribution in [0.15, 0.2) is 78.0 Å². The lowest BCUT2D eigenvalue weighted by Gasteiger charge is -2.28. The molecule has 0 spiro atoms. The van der Waals surface area contributed by atoms with Gasteiger partial charge in [-0.15, -0.1) is 0 Å².